The van der Waals surface area contributed by atoms with Crippen LogP contribution >= 0.6 is 11.6 Å². The molecule has 1 heterocycles. The van der Waals surface area contributed by atoms with E-state index in [1.165, 1.54) is 4.31 Å². The molecule has 1 fully saturated rings. The fraction of sp³-hybridized carbons (Fsp3) is 0.533. The maximum absolute atomic E-state index is 12.5. The first kappa shape index (κ1) is 18.2. The summed E-state index contributed by atoms with van der Waals surface area (Å²) < 4.78 is 26.5. The predicted molar refractivity (Wildman–Crippen MR) is 90.0 cm³/mol. The molecule has 1 aromatic rings. The molecule has 1 aliphatic heterocycles. The fourth-order valence-electron chi connectivity index (χ4n) is 2.41. The number of alkyl halides is 1. The lowest BCUT2D eigenvalue weighted by molar-refractivity contribution is -0.120. The van der Waals surface area contributed by atoms with Gasteiger partial charge in [0.05, 0.1) is 4.90 Å². The van der Waals surface area contributed by atoms with Crippen LogP contribution in [-0.4, -0.2) is 68.2 Å². The molecule has 1 aliphatic rings. The van der Waals surface area contributed by atoms with Gasteiger partial charge in [-0.1, -0.05) is 18.2 Å². The second-order valence-corrected chi connectivity index (χ2v) is 8.06. The molecule has 0 bridgehead atoms. The molecule has 2 rings (SSSR count). The van der Waals surface area contributed by atoms with E-state index in [9.17, 15) is 13.2 Å². The van der Waals surface area contributed by atoms with Gasteiger partial charge >= 0.3 is 0 Å². The van der Waals surface area contributed by atoms with Gasteiger partial charge in [-0.2, -0.15) is 4.31 Å². The molecule has 128 valence electrons. The van der Waals surface area contributed by atoms with E-state index in [1.54, 1.807) is 37.3 Å². The third kappa shape index (κ3) is 4.91. The van der Waals surface area contributed by atoms with Crippen molar-refractivity contribution in [2.24, 2.45) is 0 Å². The van der Waals surface area contributed by atoms with Crippen molar-refractivity contribution < 1.29 is 13.2 Å². The Morgan fingerprint density at radius 2 is 1.83 bits per heavy atom. The van der Waals surface area contributed by atoms with Crippen LogP contribution < -0.4 is 5.32 Å². The highest BCUT2D eigenvalue weighted by Crippen LogP contribution is 2.16. The van der Waals surface area contributed by atoms with Crippen molar-refractivity contribution >= 4 is 27.5 Å². The van der Waals surface area contributed by atoms with Crippen LogP contribution in [0.15, 0.2) is 35.2 Å². The smallest absolute Gasteiger partial charge is 0.243 e. The summed E-state index contributed by atoms with van der Waals surface area (Å²) in [5, 5.41) is 2.21. The van der Waals surface area contributed by atoms with E-state index in [4.69, 9.17) is 11.6 Å². The van der Waals surface area contributed by atoms with Crippen LogP contribution in [-0.2, 0) is 14.8 Å². The Balaban J connectivity index is 1.81. The largest absolute Gasteiger partial charge is 0.354 e. The number of benzene rings is 1. The standard InChI is InChI=1S/C15H22ClN3O3S/c1-13(16)15(20)17-7-8-18-9-11-19(12-10-18)23(21,22)14-5-3-2-4-6-14/h2-6,13H,7-12H2,1H3,(H,17,20). The monoisotopic (exact) mass is 359 g/mol. The van der Waals surface area contributed by atoms with Gasteiger partial charge in [-0.15, -0.1) is 11.6 Å². The minimum absolute atomic E-state index is 0.183. The van der Waals surface area contributed by atoms with E-state index in [0.29, 0.717) is 44.2 Å². The summed E-state index contributed by atoms with van der Waals surface area (Å²) in [5.41, 5.74) is 0. The molecule has 6 nitrogen and oxygen atoms in total. The highest BCUT2D eigenvalue weighted by molar-refractivity contribution is 7.89. The van der Waals surface area contributed by atoms with Gasteiger partial charge in [-0.05, 0) is 19.1 Å². The molecule has 0 radical (unpaired) electrons. The maximum atomic E-state index is 12.5. The normalized spacial score (nSPS) is 18.5. The van der Waals surface area contributed by atoms with E-state index in [0.717, 1.165) is 0 Å². The average Bonchev–Trinajstić information content (AvgIpc) is 2.56. The Kier molecular flexibility index (Phi) is 6.41. The quantitative estimate of drug-likeness (QED) is 0.760. The van der Waals surface area contributed by atoms with E-state index in [1.807, 2.05) is 0 Å². The van der Waals surface area contributed by atoms with Crippen LogP contribution in [0.1, 0.15) is 6.92 Å². The van der Waals surface area contributed by atoms with Crippen molar-refractivity contribution in [3.05, 3.63) is 30.3 Å². The highest BCUT2D eigenvalue weighted by Gasteiger charge is 2.28. The van der Waals surface area contributed by atoms with Gasteiger partial charge in [0.15, 0.2) is 0 Å². The molecule has 23 heavy (non-hydrogen) atoms. The summed E-state index contributed by atoms with van der Waals surface area (Å²) in [4.78, 5) is 13.8. The lowest BCUT2D eigenvalue weighted by Crippen LogP contribution is -2.50. The van der Waals surface area contributed by atoms with Gasteiger partial charge in [0, 0.05) is 39.3 Å². The Morgan fingerprint density at radius 1 is 1.22 bits per heavy atom. The number of hydrogen-bond acceptors (Lipinski definition) is 4. The molecule has 1 aromatic carbocycles. The topological polar surface area (TPSA) is 69.7 Å². The number of halogens is 1. The third-order valence-corrected chi connectivity index (χ3v) is 5.91. The van der Waals surface area contributed by atoms with Crippen LogP contribution in [0.5, 0.6) is 0 Å². The van der Waals surface area contributed by atoms with E-state index in [2.05, 4.69) is 10.2 Å². The molecule has 8 heteroatoms. The van der Waals surface area contributed by atoms with Gasteiger partial charge in [0.1, 0.15) is 5.38 Å². The number of nitrogens with one attached hydrogen (secondary N) is 1. The maximum Gasteiger partial charge on any atom is 0.243 e. The van der Waals surface area contributed by atoms with Gasteiger partial charge in [-0.3, -0.25) is 9.69 Å². The van der Waals surface area contributed by atoms with Crippen molar-refractivity contribution in [3.63, 3.8) is 0 Å². The second kappa shape index (κ2) is 8.10. The molecule has 0 spiro atoms. The molecule has 1 amide bonds. The Hall–Kier alpha value is -1.15. The SMILES string of the molecule is CC(Cl)C(=O)NCCN1CCN(S(=O)(=O)c2ccccc2)CC1. The minimum Gasteiger partial charge on any atom is -0.354 e. The predicted octanol–water partition coefficient (Wildman–Crippen LogP) is 0.736. The number of piperazine rings is 1. The Labute approximate surface area is 142 Å². The number of carbonyl (C=O) groups excluding carboxylic acids is 1. The van der Waals surface area contributed by atoms with Gasteiger partial charge in [-0.25, -0.2) is 8.42 Å². The highest BCUT2D eigenvalue weighted by atomic mass is 35.5. The van der Waals surface area contributed by atoms with Gasteiger partial charge in [0.2, 0.25) is 15.9 Å². The van der Waals surface area contributed by atoms with Crippen LogP contribution in [0.4, 0.5) is 0 Å². The Morgan fingerprint density at radius 3 is 2.39 bits per heavy atom. The van der Waals surface area contributed by atoms with Gasteiger partial charge in [0.25, 0.3) is 0 Å². The number of sulfonamides is 1. The fourth-order valence-corrected chi connectivity index (χ4v) is 3.93. The molecular weight excluding hydrogens is 338 g/mol. The van der Waals surface area contributed by atoms with Gasteiger partial charge < -0.3 is 5.32 Å². The van der Waals surface area contributed by atoms with E-state index < -0.39 is 15.4 Å². The third-order valence-electron chi connectivity index (χ3n) is 3.80. The minimum atomic E-state index is -3.41. The van der Waals surface area contributed by atoms with Crippen molar-refractivity contribution in [3.8, 4) is 0 Å². The van der Waals surface area contributed by atoms with E-state index in [-0.39, 0.29) is 5.91 Å². The van der Waals surface area contributed by atoms with Crippen LogP contribution in [0.3, 0.4) is 0 Å². The number of hydrogen-bond donors (Lipinski definition) is 1. The zero-order valence-corrected chi connectivity index (χ0v) is 14.7. The molecule has 1 N–H and O–H groups in total. The first-order valence-electron chi connectivity index (χ1n) is 7.60. The zero-order valence-electron chi connectivity index (χ0n) is 13.1. The van der Waals surface area contributed by atoms with Crippen molar-refractivity contribution in [1.29, 1.82) is 0 Å². The summed E-state index contributed by atoms with van der Waals surface area (Å²) in [6.07, 6.45) is 0. The first-order valence-corrected chi connectivity index (χ1v) is 9.48. The number of amides is 1. The summed E-state index contributed by atoms with van der Waals surface area (Å²) in [6.45, 7) is 5.05. The summed E-state index contributed by atoms with van der Waals surface area (Å²) in [6, 6.07) is 8.48. The summed E-state index contributed by atoms with van der Waals surface area (Å²) in [7, 11) is -3.41. The van der Waals surface area contributed by atoms with Crippen molar-refractivity contribution in [2.75, 3.05) is 39.3 Å². The van der Waals surface area contributed by atoms with Crippen LogP contribution in [0, 0.1) is 0 Å². The average molecular weight is 360 g/mol. The molecule has 1 saturated heterocycles. The lowest BCUT2D eigenvalue weighted by Gasteiger charge is -2.34. The van der Waals surface area contributed by atoms with Crippen LogP contribution in [0.25, 0.3) is 0 Å². The number of carbonyl (C=O) groups is 1. The summed E-state index contributed by atoms with van der Waals surface area (Å²) in [5.74, 6) is -0.183. The number of nitrogens with zero attached hydrogens (tertiary/aromatic N) is 2. The lowest BCUT2D eigenvalue weighted by atomic mass is 10.3. The second-order valence-electron chi connectivity index (χ2n) is 5.47. The molecule has 0 saturated carbocycles. The molecule has 1 unspecified atom stereocenters. The molecule has 0 aliphatic carbocycles. The van der Waals surface area contributed by atoms with Crippen molar-refractivity contribution in [2.45, 2.75) is 17.2 Å². The molecular formula is C15H22ClN3O3S. The first-order chi connectivity index (χ1) is 10.9. The van der Waals surface area contributed by atoms with E-state index >= 15 is 0 Å². The van der Waals surface area contributed by atoms with Crippen LogP contribution in [0.2, 0.25) is 0 Å². The number of rotatable bonds is 6. The summed E-state index contributed by atoms with van der Waals surface area (Å²) >= 11 is 5.68. The zero-order chi connectivity index (χ0) is 16.9. The molecule has 1 atom stereocenters. The molecule has 0 aromatic heterocycles. The van der Waals surface area contributed by atoms with Crippen molar-refractivity contribution in [1.82, 2.24) is 14.5 Å². The Bertz CT molecular complexity index is 614.